The number of hydrogen-bond donors (Lipinski definition) is 0. The van der Waals surface area contributed by atoms with Crippen LogP contribution in [0.1, 0.15) is 33.6 Å². The summed E-state index contributed by atoms with van der Waals surface area (Å²) in [5.41, 5.74) is 0. The molecular weight excluding hydrogens is 187 g/mol. The summed E-state index contributed by atoms with van der Waals surface area (Å²) >= 11 is 0. The Kier molecular flexibility index (Phi) is 6.08. The topological polar surface area (TPSA) is 43.4 Å². The van der Waals surface area contributed by atoms with Gasteiger partial charge in [-0.2, -0.15) is 0 Å². The molecule has 0 heterocycles. The van der Waals surface area contributed by atoms with Crippen LogP contribution in [0, 0.1) is 5.92 Å². The monoisotopic (exact) mass is 204 g/mol. The van der Waals surface area contributed by atoms with Gasteiger partial charge in [0.15, 0.2) is 12.0 Å². The van der Waals surface area contributed by atoms with E-state index in [0.717, 1.165) is 0 Å². The van der Waals surface area contributed by atoms with Crippen molar-refractivity contribution >= 4 is 11.8 Å². The normalized spacial score (nSPS) is 14.6. The molecule has 0 aromatic carbocycles. The average molecular weight is 204 g/mol. The van der Waals surface area contributed by atoms with Crippen molar-refractivity contribution in [2.45, 2.75) is 39.8 Å². The van der Waals surface area contributed by atoms with Crippen LogP contribution >= 0.6 is 0 Å². The first-order valence-electron chi connectivity index (χ1n) is 4.89. The molecule has 0 N–H and O–H groups in total. The standard InChI is InChI=1S/C10H17FO3/c1-4-6-8(11)9(12)7(3)10(13)14-5-2/h7-8H,4-6H2,1-3H3. The molecule has 0 aliphatic carbocycles. The minimum atomic E-state index is -1.54. The minimum absolute atomic E-state index is 0.169. The van der Waals surface area contributed by atoms with Gasteiger partial charge in [0, 0.05) is 0 Å². The molecule has 0 fully saturated rings. The van der Waals surface area contributed by atoms with Crippen molar-refractivity contribution in [1.82, 2.24) is 0 Å². The molecule has 0 amide bonds. The van der Waals surface area contributed by atoms with E-state index in [4.69, 9.17) is 0 Å². The Morgan fingerprint density at radius 2 is 1.93 bits per heavy atom. The molecule has 2 atom stereocenters. The van der Waals surface area contributed by atoms with E-state index in [1.54, 1.807) is 13.8 Å². The highest BCUT2D eigenvalue weighted by atomic mass is 19.1. The first-order chi connectivity index (χ1) is 6.54. The second-order valence-corrected chi connectivity index (χ2v) is 3.13. The number of alkyl halides is 1. The van der Waals surface area contributed by atoms with E-state index in [1.165, 1.54) is 6.92 Å². The Morgan fingerprint density at radius 1 is 1.36 bits per heavy atom. The molecule has 0 bridgehead atoms. The van der Waals surface area contributed by atoms with E-state index >= 15 is 0 Å². The number of esters is 1. The first kappa shape index (κ1) is 13.1. The molecule has 0 saturated carbocycles. The van der Waals surface area contributed by atoms with E-state index in [1.807, 2.05) is 0 Å². The summed E-state index contributed by atoms with van der Waals surface area (Å²) in [5.74, 6) is -2.31. The molecule has 0 aromatic heterocycles. The largest absolute Gasteiger partial charge is 0.465 e. The lowest BCUT2D eigenvalue weighted by Crippen LogP contribution is -2.30. The Balaban J connectivity index is 4.16. The van der Waals surface area contributed by atoms with Crippen molar-refractivity contribution in [3.8, 4) is 0 Å². The summed E-state index contributed by atoms with van der Waals surface area (Å²) in [4.78, 5) is 22.4. The lowest BCUT2D eigenvalue weighted by atomic mass is 10.0. The maximum absolute atomic E-state index is 13.1. The zero-order chi connectivity index (χ0) is 11.1. The predicted molar refractivity (Wildman–Crippen MR) is 50.6 cm³/mol. The van der Waals surface area contributed by atoms with Gasteiger partial charge in [0.05, 0.1) is 6.61 Å². The highest BCUT2D eigenvalue weighted by Crippen LogP contribution is 2.11. The fourth-order valence-electron chi connectivity index (χ4n) is 1.05. The number of carbonyl (C=O) groups is 2. The fraction of sp³-hybridized carbons (Fsp3) is 0.800. The van der Waals surface area contributed by atoms with Crippen molar-refractivity contribution in [3.05, 3.63) is 0 Å². The van der Waals surface area contributed by atoms with Gasteiger partial charge in [-0.05, 0) is 20.3 Å². The van der Waals surface area contributed by atoms with Gasteiger partial charge in [0.25, 0.3) is 0 Å². The second kappa shape index (κ2) is 6.51. The van der Waals surface area contributed by atoms with Crippen LogP contribution in [-0.2, 0) is 14.3 Å². The van der Waals surface area contributed by atoms with Gasteiger partial charge in [0.2, 0.25) is 0 Å². The SMILES string of the molecule is CCCC(F)C(=O)C(C)C(=O)OCC. The van der Waals surface area contributed by atoms with Crippen LogP contribution in [0.5, 0.6) is 0 Å². The highest BCUT2D eigenvalue weighted by molar-refractivity contribution is 6.00. The number of ether oxygens (including phenoxy) is 1. The van der Waals surface area contributed by atoms with Gasteiger partial charge < -0.3 is 4.74 Å². The van der Waals surface area contributed by atoms with E-state index in [9.17, 15) is 14.0 Å². The summed E-state index contributed by atoms with van der Waals surface area (Å²) in [6.45, 7) is 5.02. The van der Waals surface area contributed by atoms with Crippen LogP contribution < -0.4 is 0 Å². The van der Waals surface area contributed by atoms with Gasteiger partial charge in [-0.1, -0.05) is 13.3 Å². The molecule has 0 aliphatic heterocycles. The van der Waals surface area contributed by atoms with Crippen LogP contribution in [0.15, 0.2) is 0 Å². The Morgan fingerprint density at radius 3 is 2.36 bits per heavy atom. The molecule has 0 radical (unpaired) electrons. The van der Waals surface area contributed by atoms with Crippen LogP contribution in [0.3, 0.4) is 0 Å². The number of rotatable bonds is 6. The highest BCUT2D eigenvalue weighted by Gasteiger charge is 2.28. The van der Waals surface area contributed by atoms with E-state index in [2.05, 4.69) is 4.74 Å². The van der Waals surface area contributed by atoms with E-state index in [-0.39, 0.29) is 13.0 Å². The Hall–Kier alpha value is -0.930. The zero-order valence-corrected chi connectivity index (χ0v) is 8.88. The molecule has 0 spiro atoms. The van der Waals surface area contributed by atoms with Gasteiger partial charge in [-0.25, -0.2) is 4.39 Å². The van der Waals surface area contributed by atoms with Crippen molar-refractivity contribution in [2.24, 2.45) is 5.92 Å². The first-order valence-corrected chi connectivity index (χ1v) is 4.89. The third-order valence-corrected chi connectivity index (χ3v) is 1.92. The van der Waals surface area contributed by atoms with Crippen molar-refractivity contribution in [2.75, 3.05) is 6.61 Å². The Labute approximate surface area is 83.6 Å². The van der Waals surface area contributed by atoms with Gasteiger partial charge >= 0.3 is 5.97 Å². The number of carbonyl (C=O) groups excluding carboxylic acids is 2. The molecule has 0 aromatic rings. The molecule has 4 heteroatoms. The fourth-order valence-corrected chi connectivity index (χ4v) is 1.05. The molecule has 3 nitrogen and oxygen atoms in total. The minimum Gasteiger partial charge on any atom is -0.465 e. The van der Waals surface area contributed by atoms with Crippen molar-refractivity contribution < 1.29 is 18.7 Å². The molecule has 0 aliphatic rings. The summed E-state index contributed by atoms with van der Waals surface area (Å²) in [6.07, 6.45) is -0.787. The maximum Gasteiger partial charge on any atom is 0.316 e. The number of Topliss-reactive ketones (excluding diaryl/α,β-unsaturated/α-hetero) is 1. The molecule has 0 saturated heterocycles. The average Bonchev–Trinajstić information content (AvgIpc) is 2.16. The summed E-state index contributed by atoms with van der Waals surface area (Å²) in [7, 11) is 0. The molecule has 14 heavy (non-hydrogen) atoms. The smallest absolute Gasteiger partial charge is 0.316 e. The molecular formula is C10H17FO3. The lowest BCUT2D eigenvalue weighted by Gasteiger charge is -2.11. The summed E-state index contributed by atoms with van der Waals surface area (Å²) < 4.78 is 17.7. The number of hydrogen-bond acceptors (Lipinski definition) is 3. The van der Waals surface area contributed by atoms with Crippen LogP contribution in [0.2, 0.25) is 0 Å². The third kappa shape index (κ3) is 3.85. The van der Waals surface area contributed by atoms with E-state index < -0.39 is 23.8 Å². The van der Waals surface area contributed by atoms with Crippen LogP contribution in [0.4, 0.5) is 4.39 Å². The van der Waals surface area contributed by atoms with Gasteiger partial charge in [-0.15, -0.1) is 0 Å². The number of halogens is 1. The second-order valence-electron chi connectivity index (χ2n) is 3.13. The molecule has 0 rings (SSSR count). The molecule has 82 valence electrons. The van der Waals surface area contributed by atoms with Crippen molar-refractivity contribution in [3.63, 3.8) is 0 Å². The van der Waals surface area contributed by atoms with Gasteiger partial charge in [-0.3, -0.25) is 9.59 Å². The summed E-state index contributed by atoms with van der Waals surface area (Å²) in [6, 6.07) is 0. The third-order valence-electron chi connectivity index (χ3n) is 1.92. The number of ketones is 1. The van der Waals surface area contributed by atoms with Crippen LogP contribution in [-0.4, -0.2) is 24.5 Å². The quantitative estimate of drug-likeness (QED) is 0.490. The van der Waals surface area contributed by atoms with E-state index in [0.29, 0.717) is 6.42 Å². The molecule has 2 unspecified atom stereocenters. The van der Waals surface area contributed by atoms with Crippen LogP contribution in [0.25, 0.3) is 0 Å². The van der Waals surface area contributed by atoms with Gasteiger partial charge in [0.1, 0.15) is 5.92 Å². The zero-order valence-electron chi connectivity index (χ0n) is 8.88. The summed E-state index contributed by atoms with van der Waals surface area (Å²) in [5, 5.41) is 0. The van der Waals surface area contributed by atoms with Crippen molar-refractivity contribution in [1.29, 1.82) is 0 Å². The predicted octanol–water partition coefficient (Wildman–Crippen LogP) is 1.89. The Bertz CT molecular complexity index is 204. The maximum atomic E-state index is 13.1. The lowest BCUT2D eigenvalue weighted by molar-refractivity contribution is -0.152.